The van der Waals surface area contributed by atoms with Crippen molar-refractivity contribution in [1.29, 1.82) is 0 Å². The summed E-state index contributed by atoms with van der Waals surface area (Å²) in [5.74, 6) is -0.0878. The van der Waals surface area contributed by atoms with Gasteiger partial charge in [-0.3, -0.25) is 4.79 Å². The summed E-state index contributed by atoms with van der Waals surface area (Å²) in [5.41, 5.74) is 1.43. The van der Waals surface area contributed by atoms with Crippen molar-refractivity contribution in [2.24, 2.45) is 0 Å². The van der Waals surface area contributed by atoms with Crippen molar-refractivity contribution in [3.8, 4) is 5.19 Å². The summed E-state index contributed by atoms with van der Waals surface area (Å²) in [6.45, 7) is 5.62. The largest absolute Gasteiger partial charge is 0.467 e. The molecule has 0 saturated carbocycles. The first-order chi connectivity index (χ1) is 15.4. The third-order valence-electron chi connectivity index (χ3n) is 5.72. The summed E-state index contributed by atoms with van der Waals surface area (Å²) in [5, 5.41) is 0.668. The number of rotatable bonds is 7. The lowest BCUT2D eigenvalue weighted by Crippen LogP contribution is -2.41. The molecule has 1 aromatic heterocycles. The van der Waals surface area contributed by atoms with Crippen LogP contribution in [0.5, 0.6) is 5.19 Å². The maximum absolute atomic E-state index is 12.9. The summed E-state index contributed by atoms with van der Waals surface area (Å²) in [4.78, 5) is 19.4. The van der Waals surface area contributed by atoms with Crippen LogP contribution in [-0.2, 0) is 10.0 Å². The van der Waals surface area contributed by atoms with Crippen molar-refractivity contribution >= 4 is 37.5 Å². The molecule has 0 spiro atoms. The van der Waals surface area contributed by atoms with Crippen LogP contribution in [0.15, 0.2) is 53.4 Å². The molecule has 0 unspecified atom stereocenters. The number of benzene rings is 2. The lowest BCUT2D eigenvalue weighted by atomic mass is 10.1. The number of para-hydroxylation sites is 1. The second-order valence-electron chi connectivity index (χ2n) is 7.67. The van der Waals surface area contributed by atoms with Gasteiger partial charge in [0, 0.05) is 44.6 Å². The lowest BCUT2D eigenvalue weighted by Gasteiger charge is -2.31. The van der Waals surface area contributed by atoms with E-state index in [9.17, 15) is 13.2 Å². The van der Waals surface area contributed by atoms with Gasteiger partial charge in [0.15, 0.2) is 0 Å². The molecule has 0 bridgehead atoms. The molecule has 0 aliphatic carbocycles. The molecule has 2 aromatic carbocycles. The molecule has 1 aliphatic heterocycles. The maximum atomic E-state index is 12.9. The molecule has 0 atom stereocenters. The van der Waals surface area contributed by atoms with E-state index in [4.69, 9.17) is 4.74 Å². The Morgan fingerprint density at radius 1 is 1.09 bits per heavy atom. The number of carbonyl (C=O) groups excluding carboxylic acids is 1. The molecular weight excluding hydrogens is 446 g/mol. The van der Waals surface area contributed by atoms with Crippen molar-refractivity contribution < 1.29 is 17.9 Å². The number of hydrogen-bond donors (Lipinski definition) is 0. The van der Waals surface area contributed by atoms with Gasteiger partial charge in [0.2, 0.25) is 10.0 Å². The van der Waals surface area contributed by atoms with Crippen molar-refractivity contribution in [3.05, 3.63) is 54.1 Å². The van der Waals surface area contributed by atoms with Crippen molar-refractivity contribution in [1.82, 2.24) is 14.2 Å². The number of thiazole rings is 1. The summed E-state index contributed by atoms with van der Waals surface area (Å²) in [6.07, 6.45) is 1.49. The summed E-state index contributed by atoms with van der Waals surface area (Å²) in [6, 6.07) is 14.2. The zero-order valence-electron chi connectivity index (χ0n) is 18.2. The van der Waals surface area contributed by atoms with Gasteiger partial charge in [0.1, 0.15) is 6.10 Å². The van der Waals surface area contributed by atoms with Gasteiger partial charge in [-0.1, -0.05) is 37.3 Å². The summed E-state index contributed by atoms with van der Waals surface area (Å²) in [7, 11) is -3.53. The number of piperidine rings is 1. The van der Waals surface area contributed by atoms with Crippen molar-refractivity contribution in [2.45, 2.75) is 37.7 Å². The molecule has 2 heterocycles. The zero-order chi connectivity index (χ0) is 22.7. The van der Waals surface area contributed by atoms with E-state index >= 15 is 0 Å². The fourth-order valence-electron chi connectivity index (χ4n) is 3.89. The highest BCUT2D eigenvalue weighted by Gasteiger charge is 2.26. The van der Waals surface area contributed by atoms with Crippen LogP contribution in [0.2, 0.25) is 0 Å². The Labute approximate surface area is 192 Å². The monoisotopic (exact) mass is 473 g/mol. The van der Waals surface area contributed by atoms with Crippen LogP contribution in [-0.4, -0.2) is 60.8 Å². The van der Waals surface area contributed by atoms with Gasteiger partial charge in [-0.2, -0.15) is 4.31 Å². The quantitative estimate of drug-likeness (QED) is 0.518. The van der Waals surface area contributed by atoms with E-state index in [1.165, 1.54) is 27.8 Å². The van der Waals surface area contributed by atoms with Gasteiger partial charge in [-0.25, -0.2) is 13.4 Å². The van der Waals surface area contributed by atoms with Crippen LogP contribution in [0.25, 0.3) is 10.2 Å². The SMILES string of the molecule is CCN(CC)S(=O)(=O)c1ccc(C(=O)N2CCC(Oc3nc4ccccc4s3)CC2)cc1. The first-order valence-electron chi connectivity index (χ1n) is 10.8. The molecule has 0 radical (unpaired) electrons. The van der Waals surface area contributed by atoms with Gasteiger partial charge in [0.05, 0.1) is 15.1 Å². The highest BCUT2D eigenvalue weighted by molar-refractivity contribution is 7.89. The minimum atomic E-state index is -3.53. The normalized spacial score (nSPS) is 15.4. The number of amides is 1. The van der Waals surface area contributed by atoms with Crippen LogP contribution in [0.3, 0.4) is 0 Å². The third-order valence-corrected chi connectivity index (χ3v) is 8.71. The van der Waals surface area contributed by atoms with Crippen LogP contribution < -0.4 is 4.74 Å². The second kappa shape index (κ2) is 9.56. The van der Waals surface area contributed by atoms with E-state index < -0.39 is 10.0 Å². The number of nitrogens with zero attached hydrogens (tertiary/aromatic N) is 3. The Hall–Kier alpha value is -2.49. The summed E-state index contributed by atoms with van der Waals surface area (Å²) >= 11 is 1.54. The van der Waals surface area contributed by atoms with Gasteiger partial charge < -0.3 is 9.64 Å². The second-order valence-corrected chi connectivity index (χ2v) is 10.6. The molecule has 32 heavy (non-hydrogen) atoms. The fraction of sp³-hybridized carbons (Fsp3) is 0.391. The van der Waals surface area contributed by atoms with E-state index in [-0.39, 0.29) is 16.9 Å². The van der Waals surface area contributed by atoms with Gasteiger partial charge in [-0.05, 0) is 36.4 Å². The summed E-state index contributed by atoms with van der Waals surface area (Å²) < 4.78 is 33.8. The molecular formula is C23H27N3O4S2. The Morgan fingerprint density at radius 2 is 1.75 bits per heavy atom. The average molecular weight is 474 g/mol. The molecule has 1 fully saturated rings. The Balaban J connectivity index is 1.36. The van der Waals surface area contributed by atoms with Gasteiger partial charge in [0.25, 0.3) is 11.1 Å². The zero-order valence-corrected chi connectivity index (χ0v) is 19.9. The maximum Gasteiger partial charge on any atom is 0.274 e. The molecule has 4 rings (SSSR count). The molecule has 1 aliphatic rings. The minimum absolute atomic E-state index is 0.0289. The number of carbonyl (C=O) groups is 1. The Kier molecular flexibility index (Phi) is 6.78. The van der Waals surface area contributed by atoms with Crippen LogP contribution in [0, 0.1) is 0 Å². The van der Waals surface area contributed by atoms with Crippen molar-refractivity contribution in [2.75, 3.05) is 26.2 Å². The molecule has 1 amide bonds. The number of likely N-dealkylation sites (tertiary alicyclic amines) is 1. The van der Waals surface area contributed by atoms with Gasteiger partial charge in [-0.15, -0.1) is 0 Å². The standard InChI is InChI=1S/C23H27N3O4S2/c1-3-26(4-2)32(28,29)19-11-9-17(10-12-19)22(27)25-15-13-18(14-16-25)30-23-24-20-7-5-6-8-21(20)31-23/h5-12,18H,3-4,13-16H2,1-2H3. The smallest absolute Gasteiger partial charge is 0.274 e. The van der Waals surface area contributed by atoms with E-state index in [0.717, 1.165) is 23.1 Å². The first kappa shape index (κ1) is 22.7. The molecule has 3 aromatic rings. The Morgan fingerprint density at radius 3 is 2.38 bits per heavy atom. The van der Waals surface area contributed by atoms with Crippen LogP contribution in [0.4, 0.5) is 0 Å². The predicted molar refractivity (Wildman–Crippen MR) is 126 cm³/mol. The average Bonchev–Trinajstić information content (AvgIpc) is 3.22. The number of hydrogen-bond acceptors (Lipinski definition) is 6. The molecule has 1 saturated heterocycles. The number of aromatic nitrogens is 1. The highest BCUT2D eigenvalue weighted by atomic mass is 32.2. The van der Waals surface area contributed by atoms with E-state index in [1.807, 2.05) is 38.1 Å². The lowest BCUT2D eigenvalue weighted by molar-refractivity contribution is 0.0595. The predicted octanol–water partition coefficient (Wildman–Crippen LogP) is 4.01. The molecule has 7 nitrogen and oxygen atoms in total. The third kappa shape index (κ3) is 4.65. The van der Waals surface area contributed by atoms with E-state index in [1.54, 1.807) is 17.0 Å². The first-order valence-corrected chi connectivity index (χ1v) is 13.1. The minimum Gasteiger partial charge on any atom is -0.467 e. The molecule has 0 N–H and O–H groups in total. The number of fused-ring (bicyclic) bond motifs is 1. The Bertz CT molecular complexity index is 1150. The molecule has 9 heteroatoms. The van der Waals surface area contributed by atoms with E-state index in [2.05, 4.69) is 4.98 Å². The number of sulfonamides is 1. The fourth-order valence-corrected chi connectivity index (χ4v) is 6.22. The topological polar surface area (TPSA) is 79.8 Å². The number of ether oxygens (including phenoxy) is 1. The van der Waals surface area contributed by atoms with Gasteiger partial charge >= 0.3 is 0 Å². The van der Waals surface area contributed by atoms with Crippen LogP contribution >= 0.6 is 11.3 Å². The van der Waals surface area contributed by atoms with Crippen molar-refractivity contribution in [3.63, 3.8) is 0 Å². The molecule has 170 valence electrons. The van der Waals surface area contributed by atoms with Crippen LogP contribution in [0.1, 0.15) is 37.0 Å². The highest BCUT2D eigenvalue weighted by Crippen LogP contribution is 2.29. The van der Waals surface area contributed by atoms with E-state index in [0.29, 0.717) is 36.9 Å².